The van der Waals surface area contributed by atoms with Crippen LogP contribution in [0.2, 0.25) is 0 Å². The molecular weight excluding hydrogens is 356 g/mol. The zero-order valence-electron chi connectivity index (χ0n) is 16.7. The summed E-state index contributed by atoms with van der Waals surface area (Å²) >= 11 is 0. The smallest absolute Gasteiger partial charge is 0.318 e. The van der Waals surface area contributed by atoms with Crippen LogP contribution in [-0.4, -0.2) is 37.6 Å². The van der Waals surface area contributed by atoms with Crippen LogP contribution < -0.4 is 5.32 Å². The van der Waals surface area contributed by atoms with Crippen LogP contribution >= 0.6 is 0 Å². The van der Waals surface area contributed by atoms with Crippen LogP contribution in [0.15, 0.2) is 22.7 Å². The maximum atomic E-state index is 12.8. The van der Waals surface area contributed by atoms with Crippen molar-refractivity contribution in [2.45, 2.75) is 58.5 Å². The van der Waals surface area contributed by atoms with Gasteiger partial charge in [0.05, 0.1) is 23.6 Å². The van der Waals surface area contributed by atoms with E-state index in [1.807, 2.05) is 50.8 Å². The Labute approximate surface area is 163 Å². The molecule has 0 spiro atoms. The van der Waals surface area contributed by atoms with Gasteiger partial charge in [-0.25, -0.2) is 9.78 Å². The minimum atomic E-state index is -0.189. The molecule has 8 heteroatoms. The number of hydrogen-bond acceptors (Lipinski definition) is 5. The average Bonchev–Trinajstić information content (AvgIpc) is 3.36. The molecule has 1 aliphatic rings. The number of nitrogens with one attached hydrogen (secondary N) is 2. The van der Waals surface area contributed by atoms with E-state index >= 15 is 0 Å². The number of imidazole rings is 1. The van der Waals surface area contributed by atoms with Gasteiger partial charge in [0.15, 0.2) is 5.82 Å². The minimum Gasteiger partial charge on any atom is -0.340 e. The Bertz CT molecular complexity index is 1000. The summed E-state index contributed by atoms with van der Waals surface area (Å²) in [4.78, 5) is 27.1. The van der Waals surface area contributed by atoms with Crippen molar-refractivity contribution in [1.82, 2.24) is 30.3 Å². The number of carbonyl (C=O) groups is 1. The standard InChI is InChI=1S/C20H26N6O2/c1-12-7-5-8-13-16(12)24-17(22-13)14-9-6-10-26(14)19(27)21-11-15-23-18(25-28-15)20(2,3)4/h5,7-8,14H,6,9-11H2,1-4H3,(H,21,27)(H,22,24)/t14-/m1/s1. The van der Waals surface area contributed by atoms with Crippen molar-refractivity contribution in [1.29, 1.82) is 0 Å². The monoisotopic (exact) mass is 382 g/mol. The Hall–Kier alpha value is -2.90. The van der Waals surface area contributed by atoms with Crippen LogP contribution in [0.5, 0.6) is 0 Å². The van der Waals surface area contributed by atoms with Gasteiger partial charge in [-0.3, -0.25) is 0 Å². The molecule has 1 atom stereocenters. The first-order valence-electron chi connectivity index (χ1n) is 9.65. The van der Waals surface area contributed by atoms with E-state index in [4.69, 9.17) is 9.51 Å². The minimum absolute atomic E-state index is 0.0559. The van der Waals surface area contributed by atoms with Crippen LogP contribution in [0.1, 0.15) is 62.8 Å². The SMILES string of the molecule is Cc1cccc2[nH]c([C@H]3CCCN3C(=O)NCc3nc(C(C)(C)C)no3)nc12. The molecule has 0 bridgehead atoms. The van der Waals surface area contributed by atoms with Gasteiger partial charge in [-0.1, -0.05) is 38.1 Å². The maximum absolute atomic E-state index is 12.8. The van der Waals surface area contributed by atoms with Crippen molar-refractivity contribution < 1.29 is 9.32 Å². The molecule has 1 aromatic carbocycles. The summed E-state index contributed by atoms with van der Waals surface area (Å²) in [5.41, 5.74) is 2.90. The van der Waals surface area contributed by atoms with Crippen LogP contribution in [0.4, 0.5) is 4.79 Å². The van der Waals surface area contributed by atoms with Crippen molar-refractivity contribution in [3.8, 4) is 0 Å². The van der Waals surface area contributed by atoms with Crippen molar-refractivity contribution >= 4 is 17.1 Å². The van der Waals surface area contributed by atoms with E-state index in [0.29, 0.717) is 18.3 Å². The van der Waals surface area contributed by atoms with E-state index in [2.05, 4.69) is 20.4 Å². The zero-order valence-corrected chi connectivity index (χ0v) is 16.7. The molecule has 0 aliphatic carbocycles. The number of aromatic amines is 1. The Morgan fingerprint density at radius 2 is 2.18 bits per heavy atom. The highest BCUT2D eigenvalue weighted by molar-refractivity contribution is 5.79. The van der Waals surface area contributed by atoms with Crippen molar-refractivity contribution in [3.63, 3.8) is 0 Å². The molecule has 3 heterocycles. The molecule has 8 nitrogen and oxygen atoms in total. The number of carbonyl (C=O) groups excluding carboxylic acids is 1. The zero-order chi connectivity index (χ0) is 19.9. The van der Waals surface area contributed by atoms with Gasteiger partial charge in [-0.2, -0.15) is 4.98 Å². The summed E-state index contributed by atoms with van der Waals surface area (Å²) in [6.45, 7) is 9.01. The number of fused-ring (bicyclic) bond motifs is 1. The maximum Gasteiger partial charge on any atom is 0.318 e. The van der Waals surface area contributed by atoms with Crippen LogP contribution in [0.3, 0.4) is 0 Å². The van der Waals surface area contributed by atoms with Gasteiger partial charge in [0, 0.05) is 12.0 Å². The third-order valence-corrected chi connectivity index (χ3v) is 5.09. The lowest BCUT2D eigenvalue weighted by atomic mass is 9.96. The van der Waals surface area contributed by atoms with Crippen molar-refractivity contribution in [2.24, 2.45) is 0 Å². The fourth-order valence-electron chi connectivity index (χ4n) is 3.53. The summed E-state index contributed by atoms with van der Waals surface area (Å²) in [6, 6.07) is 5.87. The van der Waals surface area contributed by atoms with Gasteiger partial charge < -0.3 is 19.7 Å². The lowest BCUT2D eigenvalue weighted by Crippen LogP contribution is -2.39. The number of hydrogen-bond donors (Lipinski definition) is 2. The summed E-state index contributed by atoms with van der Waals surface area (Å²) in [5, 5.41) is 6.89. The topological polar surface area (TPSA) is 99.9 Å². The Morgan fingerprint density at radius 1 is 1.36 bits per heavy atom. The molecule has 1 fully saturated rings. The molecular formula is C20H26N6O2. The number of para-hydroxylation sites is 1. The number of aromatic nitrogens is 4. The average molecular weight is 382 g/mol. The Balaban J connectivity index is 1.46. The first kappa shape index (κ1) is 18.5. The number of likely N-dealkylation sites (tertiary alicyclic amines) is 1. The van der Waals surface area contributed by atoms with E-state index in [9.17, 15) is 4.79 Å². The molecule has 0 saturated carbocycles. The third-order valence-electron chi connectivity index (χ3n) is 5.09. The van der Waals surface area contributed by atoms with Crippen LogP contribution in [0.25, 0.3) is 11.0 Å². The van der Waals surface area contributed by atoms with Gasteiger partial charge in [0.2, 0.25) is 5.89 Å². The van der Waals surface area contributed by atoms with Crippen LogP contribution in [0, 0.1) is 6.92 Å². The summed E-state index contributed by atoms with van der Waals surface area (Å²) in [7, 11) is 0. The second-order valence-corrected chi connectivity index (χ2v) is 8.36. The number of nitrogens with zero attached hydrogens (tertiary/aromatic N) is 4. The number of benzene rings is 1. The molecule has 148 valence electrons. The van der Waals surface area contributed by atoms with Crippen LogP contribution in [-0.2, 0) is 12.0 Å². The van der Waals surface area contributed by atoms with E-state index in [1.54, 1.807) is 0 Å². The molecule has 1 saturated heterocycles. The normalized spacial score (nSPS) is 17.4. The first-order valence-corrected chi connectivity index (χ1v) is 9.65. The number of amides is 2. The summed E-state index contributed by atoms with van der Waals surface area (Å²) in [6.07, 6.45) is 1.84. The molecule has 28 heavy (non-hydrogen) atoms. The number of rotatable bonds is 3. The molecule has 2 N–H and O–H groups in total. The molecule has 4 rings (SSSR count). The fraction of sp³-hybridized carbons (Fsp3) is 0.500. The molecule has 2 amide bonds. The predicted molar refractivity (Wildman–Crippen MR) is 105 cm³/mol. The van der Waals surface area contributed by atoms with E-state index < -0.39 is 0 Å². The fourth-order valence-corrected chi connectivity index (χ4v) is 3.53. The quantitative estimate of drug-likeness (QED) is 0.721. The van der Waals surface area contributed by atoms with Gasteiger partial charge in [0.1, 0.15) is 5.82 Å². The second kappa shape index (κ2) is 6.92. The first-order chi connectivity index (χ1) is 13.3. The highest BCUT2D eigenvalue weighted by Crippen LogP contribution is 2.32. The molecule has 2 aromatic heterocycles. The van der Waals surface area contributed by atoms with Gasteiger partial charge in [-0.15, -0.1) is 0 Å². The molecule has 3 aromatic rings. The van der Waals surface area contributed by atoms with E-state index in [0.717, 1.165) is 35.3 Å². The largest absolute Gasteiger partial charge is 0.340 e. The van der Waals surface area contributed by atoms with Gasteiger partial charge in [0.25, 0.3) is 0 Å². The Morgan fingerprint density at radius 3 is 2.89 bits per heavy atom. The summed E-state index contributed by atoms with van der Waals surface area (Å²) < 4.78 is 5.26. The molecule has 0 radical (unpaired) electrons. The van der Waals surface area contributed by atoms with E-state index in [1.165, 1.54) is 0 Å². The van der Waals surface area contributed by atoms with Crippen molar-refractivity contribution in [2.75, 3.05) is 6.54 Å². The van der Waals surface area contributed by atoms with Crippen molar-refractivity contribution in [3.05, 3.63) is 41.3 Å². The number of aryl methyl sites for hydroxylation is 1. The molecule has 1 aliphatic heterocycles. The Kier molecular flexibility index (Phi) is 4.56. The van der Waals surface area contributed by atoms with Gasteiger partial charge >= 0.3 is 6.03 Å². The molecule has 0 unspecified atom stereocenters. The van der Waals surface area contributed by atoms with Gasteiger partial charge in [-0.05, 0) is 31.4 Å². The van der Waals surface area contributed by atoms with E-state index in [-0.39, 0.29) is 24.0 Å². The highest BCUT2D eigenvalue weighted by Gasteiger charge is 2.32. The highest BCUT2D eigenvalue weighted by atomic mass is 16.5. The lowest BCUT2D eigenvalue weighted by molar-refractivity contribution is 0.189. The third kappa shape index (κ3) is 3.46. The number of H-pyrrole nitrogens is 1. The lowest BCUT2D eigenvalue weighted by Gasteiger charge is -2.23. The predicted octanol–water partition coefficient (Wildman–Crippen LogP) is 3.60. The number of urea groups is 1. The summed E-state index contributed by atoms with van der Waals surface area (Å²) in [5.74, 6) is 1.88. The second-order valence-electron chi connectivity index (χ2n) is 8.36.